The molecule has 5 heteroatoms. The summed E-state index contributed by atoms with van der Waals surface area (Å²) in [7, 11) is -2.85. The highest BCUT2D eigenvalue weighted by atomic mass is 28.4. The molecule has 0 fully saturated rings. The van der Waals surface area contributed by atoms with E-state index in [1.165, 1.54) is 6.92 Å². The second-order valence-electron chi connectivity index (χ2n) is 3.30. The molecule has 1 radical (unpaired) electrons. The van der Waals surface area contributed by atoms with E-state index in [1.807, 2.05) is 6.55 Å². The monoisotopic (exact) mass is 191 g/mol. The van der Waals surface area contributed by atoms with E-state index < -0.39 is 17.6 Å². The SMILES string of the molecule is CC(=O)O[Si](C)O[Si](C)(C)C. The molecular formula is C6H15O3Si2. The van der Waals surface area contributed by atoms with E-state index in [2.05, 4.69) is 19.6 Å². The van der Waals surface area contributed by atoms with Crippen LogP contribution in [0.1, 0.15) is 6.92 Å². The van der Waals surface area contributed by atoms with Crippen molar-refractivity contribution in [3.63, 3.8) is 0 Å². The summed E-state index contributed by atoms with van der Waals surface area (Å²) in [6.45, 7) is 9.46. The highest BCUT2D eigenvalue weighted by Gasteiger charge is 2.22. The van der Waals surface area contributed by atoms with Crippen LogP contribution in [-0.2, 0) is 13.3 Å². The van der Waals surface area contributed by atoms with Gasteiger partial charge in [0.1, 0.15) is 0 Å². The molecule has 3 nitrogen and oxygen atoms in total. The maximum atomic E-state index is 10.5. The third-order valence-electron chi connectivity index (χ3n) is 0.737. The molecule has 0 aromatic heterocycles. The molecule has 0 saturated heterocycles. The summed E-state index contributed by atoms with van der Waals surface area (Å²) in [5.74, 6) is -0.250. The van der Waals surface area contributed by atoms with E-state index in [0.717, 1.165) is 0 Å². The zero-order valence-electron chi connectivity index (χ0n) is 7.72. The van der Waals surface area contributed by atoms with Gasteiger partial charge in [-0.3, -0.25) is 4.79 Å². The minimum Gasteiger partial charge on any atom is -0.493 e. The molecule has 0 spiro atoms. The second-order valence-corrected chi connectivity index (χ2v) is 9.53. The summed E-state index contributed by atoms with van der Waals surface area (Å²) >= 11 is 0. The summed E-state index contributed by atoms with van der Waals surface area (Å²) in [5, 5.41) is 0. The van der Waals surface area contributed by atoms with Crippen LogP contribution in [0.25, 0.3) is 0 Å². The van der Waals surface area contributed by atoms with Crippen molar-refractivity contribution in [2.75, 3.05) is 0 Å². The first-order chi connectivity index (χ1) is 4.81. The van der Waals surface area contributed by atoms with Gasteiger partial charge in [-0.05, 0) is 26.2 Å². The maximum Gasteiger partial charge on any atom is 0.445 e. The van der Waals surface area contributed by atoms with Crippen molar-refractivity contribution in [1.82, 2.24) is 0 Å². The van der Waals surface area contributed by atoms with Gasteiger partial charge in [0.25, 0.3) is 5.97 Å². The molecule has 0 saturated carbocycles. The Hall–Kier alpha value is -0.136. The topological polar surface area (TPSA) is 35.5 Å². The number of hydrogen-bond donors (Lipinski definition) is 0. The normalized spacial score (nSPS) is 11.8. The van der Waals surface area contributed by atoms with Crippen LogP contribution in [0, 0.1) is 0 Å². The third-order valence-corrected chi connectivity index (χ3v) is 4.91. The highest BCUT2D eigenvalue weighted by molar-refractivity contribution is 6.76. The number of rotatable bonds is 3. The van der Waals surface area contributed by atoms with Gasteiger partial charge >= 0.3 is 9.28 Å². The largest absolute Gasteiger partial charge is 0.493 e. The standard InChI is InChI=1S/C6H15O3Si2/c1-6(7)8-10(2)9-11(3,4)5/h1-5H3. The summed E-state index contributed by atoms with van der Waals surface area (Å²) in [6.07, 6.45) is 0. The Bertz CT molecular complexity index is 141. The average Bonchev–Trinajstić information content (AvgIpc) is 1.53. The first-order valence-electron chi connectivity index (χ1n) is 3.52. The zero-order valence-corrected chi connectivity index (χ0v) is 9.72. The molecule has 0 N–H and O–H groups in total. The molecule has 0 unspecified atom stereocenters. The molecule has 0 heterocycles. The van der Waals surface area contributed by atoms with Gasteiger partial charge in [-0.15, -0.1) is 0 Å². The average molecular weight is 191 g/mol. The van der Waals surface area contributed by atoms with Crippen LogP contribution >= 0.6 is 0 Å². The van der Waals surface area contributed by atoms with Gasteiger partial charge in [-0.25, -0.2) is 0 Å². The Kier molecular flexibility index (Phi) is 3.98. The van der Waals surface area contributed by atoms with Gasteiger partial charge in [0, 0.05) is 6.92 Å². The lowest BCUT2D eigenvalue weighted by Gasteiger charge is -2.20. The molecule has 0 aromatic rings. The smallest absolute Gasteiger partial charge is 0.445 e. The summed E-state index contributed by atoms with van der Waals surface area (Å²) < 4.78 is 10.4. The lowest BCUT2D eigenvalue weighted by Crippen LogP contribution is -2.35. The molecule has 0 aliphatic carbocycles. The second kappa shape index (κ2) is 4.03. The molecule has 0 amide bonds. The fourth-order valence-electron chi connectivity index (χ4n) is 0.654. The minimum atomic E-state index is -1.52. The molecule has 11 heavy (non-hydrogen) atoms. The Morgan fingerprint density at radius 1 is 1.36 bits per heavy atom. The Morgan fingerprint density at radius 2 is 1.82 bits per heavy atom. The zero-order chi connectivity index (χ0) is 9.07. The van der Waals surface area contributed by atoms with Crippen LogP contribution in [0.2, 0.25) is 26.2 Å². The first-order valence-corrected chi connectivity index (χ1v) is 8.75. The summed E-state index contributed by atoms with van der Waals surface area (Å²) in [5.41, 5.74) is 0. The molecule has 0 aliphatic heterocycles. The molecule has 0 atom stereocenters. The van der Waals surface area contributed by atoms with Crippen LogP contribution in [0.15, 0.2) is 0 Å². The molecule has 0 aliphatic rings. The fourth-order valence-corrected chi connectivity index (χ4v) is 4.68. The lowest BCUT2D eigenvalue weighted by atomic mass is 10.9. The van der Waals surface area contributed by atoms with Crippen LogP contribution in [-0.4, -0.2) is 23.6 Å². The Balaban J connectivity index is 3.69. The van der Waals surface area contributed by atoms with Gasteiger partial charge in [0.2, 0.25) is 0 Å². The van der Waals surface area contributed by atoms with E-state index >= 15 is 0 Å². The third kappa shape index (κ3) is 7.76. The molecule has 65 valence electrons. The van der Waals surface area contributed by atoms with Crippen molar-refractivity contribution in [1.29, 1.82) is 0 Å². The first kappa shape index (κ1) is 10.9. The van der Waals surface area contributed by atoms with E-state index in [9.17, 15) is 4.79 Å². The van der Waals surface area contributed by atoms with Crippen molar-refractivity contribution >= 4 is 23.6 Å². The Morgan fingerprint density at radius 3 is 2.09 bits per heavy atom. The quantitative estimate of drug-likeness (QED) is 0.635. The number of hydrogen-bond acceptors (Lipinski definition) is 3. The molecular weight excluding hydrogens is 176 g/mol. The molecule has 0 aromatic carbocycles. The van der Waals surface area contributed by atoms with E-state index in [1.54, 1.807) is 0 Å². The van der Waals surface area contributed by atoms with Crippen molar-refractivity contribution < 1.29 is 13.3 Å². The molecule has 0 bridgehead atoms. The van der Waals surface area contributed by atoms with Crippen molar-refractivity contribution in [3.05, 3.63) is 0 Å². The maximum absolute atomic E-state index is 10.5. The van der Waals surface area contributed by atoms with E-state index in [-0.39, 0.29) is 5.97 Å². The van der Waals surface area contributed by atoms with E-state index in [0.29, 0.717) is 0 Å². The lowest BCUT2D eigenvalue weighted by molar-refractivity contribution is -0.132. The molecule has 0 rings (SSSR count). The number of carbonyl (C=O) groups excluding carboxylic acids is 1. The van der Waals surface area contributed by atoms with Gasteiger partial charge in [-0.2, -0.15) is 0 Å². The van der Waals surface area contributed by atoms with Crippen molar-refractivity contribution in [2.24, 2.45) is 0 Å². The van der Waals surface area contributed by atoms with Crippen molar-refractivity contribution in [3.8, 4) is 0 Å². The highest BCUT2D eigenvalue weighted by Crippen LogP contribution is 2.05. The summed E-state index contributed by atoms with van der Waals surface area (Å²) in [6, 6.07) is 0. The van der Waals surface area contributed by atoms with E-state index in [4.69, 9.17) is 8.54 Å². The van der Waals surface area contributed by atoms with Crippen LogP contribution in [0.4, 0.5) is 0 Å². The van der Waals surface area contributed by atoms with Gasteiger partial charge in [0.15, 0.2) is 8.32 Å². The van der Waals surface area contributed by atoms with Gasteiger partial charge < -0.3 is 8.54 Å². The van der Waals surface area contributed by atoms with Crippen LogP contribution < -0.4 is 0 Å². The van der Waals surface area contributed by atoms with Crippen LogP contribution in [0.5, 0.6) is 0 Å². The van der Waals surface area contributed by atoms with Gasteiger partial charge in [0.05, 0.1) is 0 Å². The fraction of sp³-hybridized carbons (Fsp3) is 0.833. The Labute approximate surface area is 70.7 Å². The predicted octanol–water partition coefficient (Wildman–Crippen LogP) is 1.52. The predicted molar refractivity (Wildman–Crippen MR) is 47.8 cm³/mol. The van der Waals surface area contributed by atoms with Crippen LogP contribution in [0.3, 0.4) is 0 Å². The minimum absolute atomic E-state index is 0.250. The van der Waals surface area contributed by atoms with Crippen molar-refractivity contribution in [2.45, 2.75) is 33.1 Å². The summed E-state index contributed by atoms with van der Waals surface area (Å²) in [4.78, 5) is 10.5. The van der Waals surface area contributed by atoms with Gasteiger partial charge in [-0.1, -0.05) is 0 Å². The number of carbonyl (C=O) groups is 1.